The highest BCUT2D eigenvalue weighted by Gasteiger charge is 2.81. The van der Waals surface area contributed by atoms with Crippen molar-refractivity contribution in [3.05, 3.63) is 0 Å². The molecule has 2 fully saturated rings. The monoisotopic (exact) mass is 524 g/mol. The van der Waals surface area contributed by atoms with Gasteiger partial charge in [0.25, 0.3) is 0 Å². The number of alkyl halides is 9. The van der Waals surface area contributed by atoms with E-state index in [9.17, 15) is 39.5 Å². The Balaban J connectivity index is 1.59. The van der Waals surface area contributed by atoms with Crippen LogP contribution in [0.1, 0.15) is 12.8 Å². The smallest absolute Gasteiger partial charge is 0.379 e. The van der Waals surface area contributed by atoms with Crippen molar-refractivity contribution in [3.8, 4) is 0 Å². The Hall–Kier alpha value is -0.480. The van der Waals surface area contributed by atoms with Crippen LogP contribution in [0.4, 0.5) is 39.5 Å². The molecular weight excluding hydrogens is 499 g/mol. The molecule has 2 aliphatic heterocycles. The molecule has 0 aromatic carbocycles. The quantitative estimate of drug-likeness (QED) is 0.152. The van der Waals surface area contributed by atoms with Crippen molar-refractivity contribution in [2.45, 2.75) is 55.1 Å². The summed E-state index contributed by atoms with van der Waals surface area (Å²) < 4.78 is 142. The summed E-state index contributed by atoms with van der Waals surface area (Å²) in [5.41, 5.74) is 0. The van der Waals surface area contributed by atoms with Gasteiger partial charge in [0.2, 0.25) is 0 Å². The minimum atomic E-state index is -6.85. The van der Waals surface area contributed by atoms with Gasteiger partial charge in [-0.25, -0.2) is 0 Å². The van der Waals surface area contributed by atoms with Crippen LogP contribution < -0.4 is 0 Å². The van der Waals surface area contributed by atoms with Gasteiger partial charge in [-0.3, -0.25) is 0 Å². The molecule has 2 rings (SSSR count). The minimum Gasteiger partial charge on any atom is -0.379 e. The van der Waals surface area contributed by atoms with Gasteiger partial charge in [-0.2, -0.15) is 51.3 Å². The zero-order valence-electron chi connectivity index (χ0n) is 17.4. The van der Waals surface area contributed by atoms with Crippen molar-refractivity contribution in [2.75, 3.05) is 57.8 Å². The third-order valence-electron chi connectivity index (χ3n) is 4.58. The lowest BCUT2D eigenvalue weighted by atomic mass is 10.0. The molecular formula is C18H25F9O5S. The molecule has 0 N–H and O–H groups in total. The maximum atomic E-state index is 13.4. The third kappa shape index (κ3) is 8.91. The van der Waals surface area contributed by atoms with Crippen LogP contribution in [0.5, 0.6) is 0 Å². The number of hydrogen-bond acceptors (Lipinski definition) is 6. The van der Waals surface area contributed by atoms with Gasteiger partial charge < -0.3 is 23.7 Å². The molecule has 0 aromatic heterocycles. The molecule has 0 aliphatic carbocycles. The molecule has 2 heterocycles. The normalized spacial score (nSPS) is 22.5. The summed E-state index contributed by atoms with van der Waals surface area (Å²) in [4.78, 5) is 0. The summed E-state index contributed by atoms with van der Waals surface area (Å²) in [6.07, 6.45) is -8.58. The fraction of sp³-hybridized carbons (Fsp3) is 1.00. The summed E-state index contributed by atoms with van der Waals surface area (Å²) in [5, 5.41) is 0. The van der Waals surface area contributed by atoms with Crippen molar-refractivity contribution < 1.29 is 63.2 Å². The fourth-order valence-corrected chi connectivity index (χ4v) is 3.32. The summed E-state index contributed by atoms with van der Waals surface area (Å²) in [6.45, 7) is 2.64. The van der Waals surface area contributed by atoms with Crippen molar-refractivity contribution >= 4 is 11.8 Å². The maximum absolute atomic E-state index is 13.4. The van der Waals surface area contributed by atoms with Crippen molar-refractivity contribution in [1.82, 2.24) is 0 Å². The standard InChI is InChI=1S/C18H25F9O5S/c19-15(20,16(21,22)17(23,24)18(25,26)27)2-5-33-4-1-3-28-6-12(30-10-14-11-32-14)7-29-8-13-9-31-13/h12-14H,1-11H2. The van der Waals surface area contributed by atoms with Crippen LogP contribution in [-0.4, -0.2) is 100 Å². The number of rotatable bonds is 18. The Morgan fingerprint density at radius 1 is 0.788 bits per heavy atom. The van der Waals surface area contributed by atoms with Gasteiger partial charge in [-0.05, 0) is 17.9 Å². The second kappa shape index (κ2) is 12.0. The summed E-state index contributed by atoms with van der Waals surface area (Å²) >= 11 is 0.714. The highest BCUT2D eigenvalue weighted by molar-refractivity contribution is 7.99. The zero-order chi connectivity index (χ0) is 24.8. The third-order valence-corrected chi connectivity index (χ3v) is 5.65. The average molecular weight is 524 g/mol. The number of ether oxygens (including phenoxy) is 5. The summed E-state index contributed by atoms with van der Waals surface area (Å²) in [6, 6.07) is 0. The molecule has 3 atom stereocenters. The second-order valence-corrected chi connectivity index (χ2v) is 8.77. The van der Waals surface area contributed by atoms with Crippen LogP contribution in [-0.2, 0) is 23.7 Å². The zero-order valence-corrected chi connectivity index (χ0v) is 18.2. The van der Waals surface area contributed by atoms with Crippen LogP contribution >= 0.6 is 11.8 Å². The van der Waals surface area contributed by atoms with Gasteiger partial charge in [0.1, 0.15) is 18.3 Å². The van der Waals surface area contributed by atoms with Crippen LogP contribution in [0.2, 0.25) is 0 Å². The second-order valence-electron chi connectivity index (χ2n) is 7.55. The highest BCUT2D eigenvalue weighted by atomic mass is 32.2. The number of epoxide rings is 2. The number of thioether (sulfide) groups is 1. The molecule has 2 aliphatic rings. The van der Waals surface area contributed by atoms with Crippen molar-refractivity contribution in [2.24, 2.45) is 0 Å². The predicted octanol–water partition coefficient (Wildman–Crippen LogP) is 4.18. The van der Waals surface area contributed by atoms with Gasteiger partial charge >= 0.3 is 23.9 Å². The molecule has 0 saturated carbocycles. The van der Waals surface area contributed by atoms with Gasteiger partial charge in [0.15, 0.2) is 0 Å². The van der Waals surface area contributed by atoms with Crippen LogP contribution in [0.15, 0.2) is 0 Å². The van der Waals surface area contributed by atoms with Crippen molar-refractivity contribution in [3.63, 3.8) is 0 Å². The summed E-state index contributed by atoms with van der Waals surface area (Å²) in [5.74, 6) is -19.5. The number of halogens is 9. The first-order valence-corrected chi connectivity index (χ1v) is 11.2. The Morgan fingerprint density at radius 2 is 1.36 bits per heavy atom. The van der Waals surface area contributed by atoms with E-state index >= 15 is 0 Å². The molecule has 2 saturated heterocycles. The molecule has 33 heavy (non-hydrogen) atoms. The van der Waals surface area contributed by atoms with E-state index in [0.29, 0.717) is 44.6 Å². The molecule has 3 unspecified atom stereocenters. The van der Waals surface area contributed by atoms with Crippen LogP contribution in [0, 0.1) is 0 Å². The molecule has 0 amide bonds. The molecule has 0 spiro atoms. The van der Waals surface area contributed by atoms with E-state index in [2.05, 4.69) is 0 Å². The predicted molar refractivity (Wildman–Crippen MR) is 98.3 cm³/mol. The minimum absolute atomic E-state index is 0.0391. The van der Waals surface area contributed by atoms with E-state index < -0.39 is 36.1 Å². The van der Waals surface area contributed by atoms with E-state index in [1.165, 1.54) is 0 Å². The van der Waals surface area contributed by atoms with Crippen molar-refractivity contribution in [1.29, 1.82) is 0 Å². The SMILES string of the molecule is FC(F)(F)C(F)(F)C(F)(F)C(F)(F)CCSCCCOCC(COCC1CO1)OCC1CO1. The van der Waals surface area contributed by atoms with Gasteiger partial charge in [-0.15, -0.1) is 0 Å². The van der Waals surface area contributed by atoms with E-state index in [1.807, 2.05) is 0 Å². The summed E-state index contributed by atoms with van der Waals surface area (Å²) in [7, 11) is 0. The van der Waals surface area contributed by atoms with E-state index in [4.69, 9.17) is 23.7 Å². The maximum Gasteiger partial charge on any atom is 0.460 e. The first-order chi connectivity index (χ1) is 15.3. The lowest BCUT2D eigenvalue weighted by Crippen LogP contribution is -2.60. The molecule has 5 nitrogen and oxygen atoms in total. The molecule has 15 heteroatoms. The van der Waals surface area contributed by atoms with E-state index in [-0.39, 0.29) is 43.9 Å². The lowest BCUT2D eigenvalue weighted by Gasteiger charge is -2.33. The molecule has 196 valence electrons. The first-order valence-electron chi connectivity index (χ1n) is 10.1. The molecule has 0 bridgehead atoms. The molecule has 0 aromatic rings. The average Bonchev–Trinajstić information content (AvgIpc) is 3.61. The van der Waals surface area contributed by atoms with E-state index in [1.54, 1.807) is 0 Å². The van der Waals surface area contributed by atoms with Crippen LogP contribution in [0.25, 0.3) is 0 Å². The largest absolute Gasteiger partial charge is 0.460 e. The fourth-order valence-electron chi connectivity index (χ4n) is 2.39. The van der Waals surface area contributed by atoms with Gasteiger partial charge in [-0.1, -0.05) is 0 Å². The Morgan fingerprint density at radius 3 is 1.94 bits per heavy atom. The Labute approximate surface area is 188 Å². The van der Waals surface area contributed by atoms with Crippen LogP contribution in [0.3, 0.4) is 0 Å². The van der Waals surface area contributed by atoms with Gasteiger partial charge in [0.05, 0.1) is 39.6 Å². The van der Waals surface area contributed by atoms with E-state index in [0.717, 1.165) is 0 Å². The van der Waals surface area contributed by atoms with Gasteiger partial charge in [0, 0.05) is 13.0 Å². The topological polar surface area (TPSA) is 52.8 Å². The Bertz CT molecular complexity index is 586. The lowest BCUT2D eigenvalue weighted by molar-refractivity contribution is -0.396. The highest BCUT2D eigenvalue weighted by Crippen LogP contribution is 2.54. The molecule has 0 radical (unpaired) electrons. The first kappa shape index (κ1) is 28.8. The number of hydrogen-bond donors (Lipinski definition) is 0. The Kier molecular flexibility index (Phi) is 10.4.